The zero-order valence-electron chi connectivity index (χ0n) is 15.2. The molecule has 0 unspecified atom stereocenters. The van der Waals surface area contributed by atoms with Gasteiger partial charge in [0, 0.05) is 24.0 Å². The average molecular weight is 482 g/mol. The Morgan fingerprint density at radius 3 is 2.40 bits per heavy atom. The first-order chi connectivity index (χ1) is 11.3. The van der Waals surface area contributed by atoms with Gasteiger partial charge in [-0.3, -0.25) is 9.79 Å². The molecule has 25 heavy (non-hydrogen) atoms. The normalized spacial score (nSPS) is 11.5. The van der Waals surface area contributed by atoms with Crippen LogP contribution in [0.2, 0.25) is 0 Å². The largest absolute Gasteiger partial charge is 0.356 e. The summed E-state index contributed by atoms with van der Waals surface area (Å²) in [6.45, 7) is 6.75. The number of carbonyl (C=O) groups is 1. The van der Waals surface area contributed by atoms with Crippen LogP contribution in [0.25, 0.3) is 0 Å². The average Bonchev–Trinajstić information content (AvgIpc) is 2.50. The van der Waals surface area contributed by atoms with E-state index in [1.165, 1.54) is 12.1 Å². The first kappa shape index (κ1) is 24.0. The van der Waals surface area contributed by atoms with Gasteiger partial charge in [-0.1, -0.05) is 0 Å². The molecule has 0 saturated heterocycles. The van der Waals surface area contributed by atoms with Gasteiger partial charge in [-0.25, -0.2) is 4.39 Å². The summed E-state index contributed by atoms with van der Waals surface area (Å²) in [5.74, 6) is 1.23. The van der Waals surface area contributed by atoms with Crippen molar-refractivity contribution >= 4 is 47.6 Å². The van der Waals surface area contributed by atoms with Gasteiger partial charge < -0.3 is 16.0 Å². The van der Waals surface area contributed by atoms with E-state index < -0.39 is 0 Å². The highest BCUT2D eigenvalue weighted by atomic mass is 127. The lowest BCUT2D eigenvalue weighted by atomic mass is 10.1. The van der Waals surface area contributed by atoms with Gasteiger partial charge >= 0.3 is 0 Å². The van der Waals surface area contributed by atoms with E-state index in [1.807, 2.05) is 20.8 Å². The fourth-order valence-corrected chi connectivity index (χ4v) is 2.70. The van der Waals surface area contributed by atoms with E-state index in [2.05, 4.69) is 20.9 Å². The Morgan fingerprint density at radius 2 is 1.84 bits per heavy atom. The third kappa shape index (κ3) is 12.0. The smallest absolute Gasteiger partial charge is 0.239 e. The van der Waals surface area contributed by atoms with Crippen LogP contribution in [0.1, 0.15) is 27.2 Å². The number of aliphatic imine (C=N–C) groups is 1. The molecule has 3 N–H and O–H groups in total. The molecular formula is C17H28FIN4OS. The van der Waals surface area contributed by atoms with E-state index in [1.54, 1.807) is 30.9 Å². The quantitative estimate of drug-likeness (QED) is 0.184. The molecule has 0 atom stereocenters. The molecule has 0 radical (unpaired) electrons. The van der Waals surface area contributed by atoms with E-state index in [9.17, 15) is 9.18 Å². The topological polar surface area (TPSA) is 65.5 Å². The van der Waals surface area contributed by atoms with Gasteiger partial charge in [0.1, 0.15) is 5.82 Å². The second kappa shape index (κ2) is 12.3. The number of hydrogen-bond acceptors (Lipinski definition) is 3. The highest BCUT2D eigenvalue weighted by molar-refractivity contribution is 14.0. The second-order valence-electron chi connectivity index (χ2n) is 6.31. The summed E-state index contributed by atoms with van der Waals surface area (Å²) in [7, 11) is 1.67. The molecule has 0 heterocycles. The zero-order chi connectivity index (χ0) is 18.0. The predicted octanol–water partition coefficient (Wildman–Crippen LogP) is 3.01. The first-order valence-corrected chi connectivity index (χ1v) is 8.92. The molecule has 0 aliphatic heterocycles. The highest BCUT2D eigenvalue weighted by Gasteiger charge is 2.13. The van der Waals surface area contributed by atoms with Crippen LogP contribution in [0, 0.1) is 5.82 Å². The molecule has 5 nitrogen and oxygen atoms in total. The number of nitrogens with one attached hydrogen (secondary N) is 3. The summed E-state index contributed by atoms with van der Waals surface area (Å²) >= 11 is 1.68. The molecule has 0 fully saturated rings. The Kier molecular flexibility index (Phi) is 11.8. The van der Waals surface area contributed by atoms with Crippen LogP contribution in [0.5, 0.6) is 0 Å². The summed E-state index contributed by atoms with van der Waals surface area (Å²) in [6.07, 6.45) is 0.928. The van der Waals surface area contributed by atoms with E-state index in [-0.39, 0.29) is 47.8 Å². The maximum Gasteiger partial charge on any atom is 0.239 e. The molecule has 0 aromatic heterocycles. The lowest BCUT2D eigenvalue weighted by Gasteiger charge is -2.21. The van der Waals surface area contributed by atoms with Crippen molar-refractivity contribution in [1.29, 1.82) is 0 Å². The van der Waals surface area contributed by atoms with Crippen LogP contribution >= 0.6 is 35.7 Å². The van der Waals surface area contributed by atoms with Gasteiger partial charge in [0.2, 0.25) is 5.91 Å². The number of benzene rings is 1. The first-order valence-electron chi connectivity index (χ1n) is 7.94. The SMILES string of the molecule is CN=C(NCCCSc1ccc(F)cc1)NCC(=O)NC(C)(C)C.I. The summed E-state index contributed by atoms with van der Waals surface area (Å²) in [6, 6.07) is 6.49. The fourth-order valence-electron chi connectivity index (χ4n) is 1.85. The van der Waals surface area contributed by atoms with Crippen molar-refractivity contribution < 1.29 is 9.18 Å². The predicted molar refractivity (Wildman–Crippen MR) is 114 cm³/mol. The van der Waals surface area contributed by atoms with Gasteiger partial charge in [0.15, 0.2) is 5.96 Å². The van der Waals surface area contributed by atoms with Gasteiger partial charge in [-0.05, 0) is 57.2 Å². The van der Waals surface area contributed by atoms with E-state index in [0.29, 0.717) is 5.96 Å². The standard InChI is InChI=1S/C17H27FN4OS.HI/c1-17(2,3)22-15(23)12-21-16(19-4)20-10-5-11-24-14-8-6-13(18)7-9-14;/h6-9H,5,10-12H2,1-4H3,(H,22,23)(H2,19,20,21);1H. The lowest BCUT2D eigenvalue weighted by molar-refractivity contribution is -0.121. The van der Waals surface area contributed by atoms with Crippen LogP contribution in [0.15, 0.2) is 34.2 Å². The van der Waals surface area contributed by atoms with Gasteiger partial charge in [-0.2, -0.15) is 0 Å². The molecule has 1 amide bonds. The summed E-state index contributed by atoms with van der Waals surface area (Å²) in [4.78, 5) is 16.9. The van der Waals surface area contributed by atoms with Crippen molar-refractivity contribution in [2.75, 3.05) is 25.9 Å². The fraction of sp³-hybridized carbons (Fsp3) is 0.529. The monoisotopic (exact) mass is 482 g/mol. The second-order valence-corrected chi connectivity index (χ2v) is 7.47. The van der Waals surface area contributed by atoms with Crippen molar-refractivity contribution in [2.45, 2.75) is 37.6 Å². The van der Waals surface area contributed by atoms with Crippen molar-refractivity contribution in [3.05, 3.63) is 30.1 Å². The number of rotatable bonds is 7. The summed E-state index contributed by atoms with van der Waals surface area (Å²) in [5, 5.41) is 9.04. The minimum Gasteiger partial charge on any atom is -0.356 e. The van der Waals surface area contributed by atoms with Crippen LogP contribution in [-0.4, -0.2) is 43.3 Å². The van der Waals surface area contributed by atoms with E-state index >= 15 is 0 Å². The Morgan fingerprint density at radius 1 is 1.20 bits per heavy atom. The molecule has 1 rings (SSSR count). The van der Waals surface area contributed by atoms with E-state index in [4.69, 9.17) is 0 Å². The maximum absolute atomic E-state index is 12.8. The molecule has 0 bridgehead atoms. The molecule has 0 aliphatic carbocycles. The number of halogens is 2. The maximum atomic E-state index is 12.8. The van der Waals surface area contributed by atoms with Crippen LogP contribution in [-0.2, 0) is 4.79 Å². The molecule has 1 aromatic carbocycles. The molecule has 1 aromatic rings. The molecule has 0 spiro atoms. The van der Waals surface area contributed by atoms with Crippen LogP contribution < -0.4 is 16.0 Å². The van der Waals surface area contributed by atoms with E-state index in [0.717, 1.165) is 23.6 Å². The molecule has 0 aliphatic rings. The van der Waals surface area contributed by atoms with Crippen LogP contribution in [0.4, 0.5) is 4.39 Å². The molecular weight excluding hydrogens is 454 g/mol. The van der Waals surface area contributed by atoms with Gasteiger partial charge in [0.25, 0.3) is 0 Å². The summed E-state index contributed by atoms with van der Waals surface area (Å²) < 4.78 is 12.8. The number of guanidine groups is 1. The number of amides is 1. The highest BCUT2D eigenvalue weighted by Crippen LogP contribution is 2.18. The minimum atomic E-state index is -0.243. The van der Waals surface area contributed by atoms with Crippen molar-refractivity contribution in [3.63, 3.8) is 0 Å². The Hall–Kier alpha value is -1.03. The number of nitrogens with zero attached hydrogens (tertiary/aromatic N) is 1. The van der Waals surface area contributed by atoms with Gasteiger partial charge in [0.05, 0.1) is 6.54 Å². The number of carbonyl (C=O) groups excluding carboxylic acids is 1. The van der Waals surface area contributed by atoms with Crippen LogP contribution in [0.3, 0.4) is 0 Å². The number of hydrogen-bond donors (Lipinski definition) is 3. The third-order valence-corrected chi connectivity index (χ3v) is 3.95. The Labute approximate surface area is 171 Å². The van der Waals surface area contributed by atoms with Crippen molar-refractivity contribution in [1.82, 2.24) is 16.0 Å². The summed E-state index contributed by atoms with van der Waals surface area (Å²) in [5.41, 5.74) is -0.243. The van der Waals surface area contributed by atoms with Crippen molar-refractivity contribution in [2.24, 2.45) is 4.99 Å². The zero-order valence-corrected chi connectivity index (χ0v) is 18.3. The molecule has 8 heteroatoms. The Balaban J connectivity index is 0.00000576. The van der Waals surface area contributed by atoms with Crippen molar-refractivity contribution in [3.8, 4) is 0 Å². The number of thioether (sulfide) groups is 1. The Bertz CT molecular complexity index is 547. The molecule has 142 valence electrons. The third-order valence-electron chi connectivity index (χ3n) is 2.85. The minimum absolute atomic E-state index is 0. The van der Waals surface area contributed by atoms with Gasteiger partial charge in [-0.15, -0.1) is 35.7 Å². The lowest BCUT2D eigenvalue weighted by Crippen LogP contribution is -2.48. The molecule has 0 saturated carbocycles.